The summed E-state index contributed by atoms with van der Waals surface area (Å²) in [6.45, 7) is 11.5. The van der Waals surface area contributed by atoms with Crippen molar-refractivity contribution in [2.24, 2.45) is 0 Å². The predicted octanol–water partition coefficient (Wildman–Crippen LogP) is 2.32. The van der Waals surface area contributed by atoms with E-state index in [-0.39, 0.29) is 0 Å². The molecule has 2 aliphatic rings. The molecular weight excluding hydrogens is 308 g/mol. The minimum absolute atomic E-state index is 0.302. The summed E-state index contributed by atoms with van der Waals surface area (Å²) in [6, 6.07) is 0.757. The van der Waals surface area contributed by atoms with E-state index in [0.717, 1.165) is 32.8 Å². The summed E-state index contributed by atoms with van der Waals surface area (Å²) in [5.41, 5.74) is 1.58. The molecule has 5 nitrogen and oxygen atoms in total. The standard InChI is InChI=1S/C17H30N4OS/c1-14(2)21-11-16(10-19-21)15(3)18-12-17(4-9-23-13-17)20-5-7-22-8-6-20/h10-11,14-15,18H,4-9,12-13H2,1-3H3/t15-,17-/m1/s1. The molecule has 130 valence electrons. The lowest BCUT2D eigenvalue weighted by Gasteiger charge is -2.43. The third-order valence-electron chi connectivity index (χ3n) is 5.15. The Labute approximate surface area is 144 Å². The van der Waals surface area contributed by atoms with Gasteiger partial charge >= 0.3 is 0 Å². The zero-order chi connectivity index (χ0) is 16.3. The van der Waals surface area contributed by atoms with Gasteiger partial charge in [0, 0.05) is 54.8 Å². The van der Waals surface area contributed by atoms with Gasteiger partial charge in [0.1, 0.15) is 0 Å². The summed E-state index contributed by atoms with van der Waals surface area (Å²) in [6.07, 6.45) is 5.46. The summed E-state index contributed by atoms with van der Waals surface area (Å²) in [5, 5.41) is 8.25. The van der Waals surface area contributed by atoms with Crippen LogP contribution in [0.1, 0.15) is 44.8 Å². The molecule has 2 saturated heterocycles. The van der Waals surface area contributed by atoms with Gasteiger partial charge in [0.05, 0.1) is 19.4 Å². The molecular formula is C17H30N4OS. The van der Waals surface area contributed by atoms with Crippen LogP contribution in [0.15, 0.2) is 12.4 Å². The molecule has 0 spiro atoms. The number of hydrogen-bond acceptors (Lipinski definition) is 5. The summed E-state index contributed by atoms with van der Waals surface area (Å²) >= 11 is 2.09. The van der Waals surface area contributed by atoms with Crippen LogP contribution >= 0.6 is 11.8 Å². The summed E-state index contributed by atoms with van der Waals surface area (Å²) in [7, 11) is 0. The van der Waals surface area contributed by atoms with Crippen LogP contribution in [0.5, 0.6) is 0 Å². The minimum atomic E-state index is 0.302. The lowest BCUT2D eigenvalue weighted by Crippen LogP contribution is -2.58. The van der Waals surface area contributed by atoms with Gasteiger partial charge in [-0.15, -0.1) is 0 Å². The molecule has 0 radical (unpaired) electrons. The lowest BCUT2D eigenvalue weighted by molar-refractivity contribution is -0.0139. The Morgan fingerprint density at radius 3 is 2.74 bits per heavy atom. The van der Waals surface area contributed by atoms with E-state index >= 15 is 0 Å². The maximum absolute atomic E-state index is 5.54. The van der Waals surface area contributed by atoms with Crippen LogP contribution in [0.4, 0.5) is 0 Å². The number of rotatable bonds is 6. The predicted molar refractivity (Wildman–Crippen MR) is 96.1 cm³/mol. The van der Waals surface area contributed by atoms with Crippen LogP contribution in [-0.4, -0.2) is 64.6 Å². The Morgan fingerprint density at radius 2 is 2.13 bits per heavy atom. The molecule has 0 bridgehead atoms. The Hall–Kier alpha value is -0.560. The highest BCUT2D eigenvalue weighted by molar-refractivity contribution is 7.99. The van der Waals surface area contributed by atoms with E-state index in [1.165, 1.54) is 23.5 Å². The van der Waals surface area contributed by atoms with Crippen molar-refractivity contribution in [2.45, 2.75) is 44.8 Å². The van der Waals surface area contributed by atoms with E-state index < -0.39 is 0 Å². The quantitative estimate of drug-likeness (QED) is 0.862. The number of aromatic nitrogens is 2. The van der Waals surface area contributed by atoms with Gasteiger partial charge in [-0.05, 0) is 32.9 Å². The Balaban J connectivity index is 1.61. The maximum Gasteiger partial charge on any atom is 0.0594 e. The number of hydrogen-bond donors (Lipinski definition) is 1. The molecule has 0 amide bonds. The SMILES string of the molecule is CC(C)n1cc([C@@H](C)NC[C@]2(N3CCOCC3)CCSC2)cn1. The fourth-order valence-corrected chi connectivity index (χ4v) is 4.93. The van der Waals surface area contributed by atoms with E-state index in [4.69, 9.17) is 4.74 Å². The Morgan fingerprint density at radius 1 is 1.35 bits per heavy atom. The van der Waals surface area contributed by atoms with Crippen molar-refractivity contribution in [3.05, 3.63) is 18.0 Å². The molecule has 1 aromatic rings. The van der Waals surface area contributed by atoms with Crippen LogP contribution in [0.3, 0.4) is 0 Å². The molecule has 3 heterocycles. The van der Waals surface area contributed by atoms with E-state index in [1.807, 2.05) is 10.9 Å². The molecule has 23 heavy (non-hydrogen) atoms. The molecule has 3 rings (SSSR count). The first-order chi connectivity index (χ1) is 11.1. The second kappa shape index (κ2) is 7.55. The first-order valence-corrected chi connectivity index (χ1v) is 9.94. The van der Waals surface area contributed by atoms with Gasteiger partial charge in [-0.2, -0.15) is 16.9 Å². The molecule has 2 fully saturated rings. The van der Waals surface area contributed by atoms with Gasteiger partial charge in [-0.25, -0.2) is 0 Å². The Bertz CT molecular complexity index is 493. The van der Waals surface area contributed by atoms with Crippen LogP contribution in [0.2, 0.25) is 0 Å². The van der Waals surface area contributed by atoms with Crippen LogP contribution in [0.25, 0.3) is 0 Å². The van der Waals surface area contributed by atoms with E-state index in [2.05, 4.69) is 54.0 Å². The average Bonchev–Trinajstić information content (AvgIpc) is 3.24. The van der Waals surface area contributed by atoms with Crippen molar-refractivity contribution < 1.29 is 4.74 Å². The third kappa shape index (κ3) is 3.92. The van der Waals surface area contributed by atoms with Crippen LogP contribution in [0, 0.1) is 0 Å². The van der Waals surface area contributed by atoms with E-state index in [1.54, 1.807) is 0 Å². The topological polar surface area (TPSA) is 42.3 Å². The average molecular weight is 339 g/mol. The lowest BCUT2D eigenvalue weighted by atomic mass is 9.95. The number of nitrogens with zero attached hydrogens (tertiary/aromatic N) is 3. The molecule has 2 atom stereocenters. The summed E-state index contributed by atoms with van der Waals surface area (Å²) in [5.74, 6) is 2.51. The molecule has 1 aromatic heterocycles. The van der Waals surface area contributed by atoms with Gasteiger partial charge < -0.3 is 10.1 Å². The maximum atomic E-state index is 5.54. The van der Waals surface area contributed by atoms with Crippen molar-refractivity contribution >= 4 is 11.8 Å². The molecule has 1 N–H and O–H groups in total. The van der Waals surface area contributed by atoms with Gasteiger partial charge in [0.15, 0.2) is 0 Å². The fraction of sp³-hybridized carbons (Fsp3) is 0.824. The third-order valence-corrected chi connectivity index (χ3v) is 6.39. The number of ether oxygens (including phenoxy) is 1. The van der Waals surface area contributed by atoms with Gasteiger partial charge in [-0.3, -0.25) is 9.58 Å². The van der Waals surface area contributed by atoms with Crippen molar-refractivity contribution in [3.63, 3.8) is 0 Å². The summed E-state index contributed by atoms with van der Waals surface area (Å²) < 4.78 is 7.58. The van der Waals surface area contributed by atoms with Gasteiger partial charge in [0.25, 0.3) is 0 Å². The largest absolute Gasteiger partial charge is 0.379 e. The zero-order valence-electron chi connectivity index (χ0n) is 14.6. The van der Waals surface area contributed by atoms with Gasteiger partial charge in [-0.1, -0.05) is 0 Å². The highest BCUT2D eigenvalue weighted by atomic mass is 32.2. The summed E-state index contributed by atoms with van der Waals surface area (Å²) in [4.78, 5) is 2.66. The molecule has 0 saturated carbocycles. The van der Waals surface area contributed by atoms with Crippen molar-refractivity contribution in [1.82, 2.24) is 20.0 Å². The molecule has 0 aromatic carbocycles. The number of thioether (sulfide) groups is 1. The van der Waals surface area contributed by atoms with Gasteiger partial charge in [0.2, 0.25) is 0 Å². The number of nitrogens with one attached hydrogen (secondary N) is 1. The highest BCUT2D eigenvalue weighted by Crippen LogP contribution is 2.34. The second-order valence-electron chi connectivity index (χ2n) is 7.08. The normalized spacial score (nSPS) is 27.7. The second-order valence-corrected chi connectivity index (χ2v) is 8.18. The molecule has 2 aliphatic heterocycles. The van der Waals surface area contributed by atoms with Crippen molar-refractivity contribution in [3.8, 4) is 0 Å². The monoisotopic (exact) mass is 338 g/mol. The van der Waals surface area contributed by atoms with E-state index in [9.17, 15) is 0 Å². The number of morpholine rings is 1. The van der Waals surface area contributed by atoms with Crippen molar-refractivity contribution in [1.29, 1.82) is 0 Å². The molecule has 0 aliphatic carbocycles. The van der Waals surface area contributed by atoms with Crippen molar-refractivity contribution in [2.75, 3.05) is 44.4 Å². The first kappa shape index (κ1) is 17.3. The van der Waals surface area contributed by atoms with Crippen LogP contribution in [-0.2, 0) is 4.74 Å². The molecule has 6 heteroatoms. The Kier molecular flexibility index (Phi) is 5.67. The van der Waals surface area contributed by atoms with E-state index in [0.29, 0.717) is 17.6 Å². The molecule has 0 unspecified atom stereocenters. The first-order valence-electron chi connectivity index (χ1n) is 8.79. The zero-order valence-corrected chi connectivity index (χ0v) is 15.4. The minimum Gasteiger partial charge on any atom is -0.379 e. The highest BCUT2D eigenvalue weighted by Gasteiger charge is 2.40. The van der Waals surface area contributed by atoms with Crippen LogP contribution < -0.4 is 5.32 Å². The smallest absolute Gasteiger partial charge is 0.0594 e. The fourth-order valence-electron chi connectivity index (χ4n) is 3.45.